The standard InChI is InChI=1S/3CHO.2H3P.Ru/c3*1-2;;;/h3*1H;2*1H3;/q3*-1;;;+3. The van der Waals surface area contributed by atoms with E-state index in [1.165, 1.54) is 0 Å². The van der Waals surface area contributed by atoms with Crippen LogP contribution in [0.1, 0.15) is 0 Å². The molecule has 0 saturated heterocycles. The molecule has 0 aromatic rings. The Morgan fingerprint density at radius 1 is 0.556 bits per heavy atom. The molecule has 1 radical (unpaired) electrons. The summed E-state index contributed by atoms with van der Waals surface area (Å²) in [5, 5.41) is 0. The van der Waals surface area contributed by atoms with Crippen LogP contribution in [0.3, 0.4) is 0 Å². The van der Waals surface area contributed by atoms with Crippen LogP contribution in [0.2, 0.25) is 0 Å². The quantitative estimate of drug-likeness (QED) is 0.249. The van der Waals surface area contributed by atoms with Gasteiger partial charge >= 0.3 is 19.5 Å². The summed E-state index contributed by atoms with van der Waals surface area (Å²) in [6.07, 6.45) is 0. The monoisotopic (exact) mass is 257 g/mol. The van der Waals surface area contributed by atoms with Gasteiger partial charge in [0.15, 0.2) is 0 Å². The Labute approximate surface area is 74.4 Å². The summed E-state index contributed by atoms with van der Waals surface area (Å²) in [5.74, 6) is 0. The summed E-state index contributed by atoms with van der Waals surface area (Å²) < 4.78 is 0. The molecule has 0 amide bonds. The van der Waals surface area contributed by atoms with Crippen LogP contribution in [0.25, 0.3) is 0 Å². The van der Waals surface area contributed by atoms with Crippen molar-refractivity contribution in [2.45, 2.75) is 0 Å². The minimum Gasteiger partial charge on any atom is -0.545 e. The van der Waals surface area contributed by atoms with Gasteiger partial charge in [-0.1, -0.05) is 0 Å². The average molecular weight is 256 g/mol. The van der Waals surface area contributed by atoms with Crippen LogP contribution in [0.5, 0.6) is 0 Å². The van der Waals surface area contributed by atoms with E-state index in [4.69, 9.17) is 14.4 Å². The number of hydrogen-bond acceptors (Lipinski definition) is 3. The largest absolute Gasteiger partial charge is 3.00 e. The van der Waals surface area contributed by atoms with E-state index in [0.29, 0.717) is 0 Å². The summed E-state index contributed by atoms with van der Waals surface area (Å²) in [4.78, 5) is 23.2. The second-order valence-corrected chi connectivity index (χ2v) is 0. The van der Waals surface area contributed by atoms with E-state index in [-0.39, 0.29) is 39.3 Å². The second kappa shape index (κ2) is 1960. The Kier molecular flexibility index (Phi) is 12200. The molecule has 0 aliphatic heterocycles. The molecule has 0 aliphatic carbocycles. The van der Waals surface area contributed by atoms with Crippen molar-refractivity contribution in [3.8, 4) is 0 Å². The van der Waals surface area contributed by atoms with Crippen LogP contribution in [0.15, 0.2) is 0 Å². The first-order valence-electron chi connectivity index (χ1n) is 0.707. The maximum absolute atomic E-state index is 7.75. The van der Waals surface area contributed by atoms with E-state index in [2.05, 4.69) is 20.4 Å². The Bertz CT molecular complexity index is 21.8. The van der Waals surface area contributed by atoms with Crippen molar-refractivity contribution in [2.75, 3.05) is 0 Å². The SMILES string of the molecule is P.P.[CH-]=O.[CH-]=O.[CH-]=O.[Ru+3]. The van der Waals surface area contributed by atoms with Crippen molar-refractivity contribution in [2.24, 2.45) is 0 Å². The number of carbonyl (C=O) groups excluding carboxylic acids is 3. The third kappa shape index (κ3) is 1470. The number of hydrogen-bond donors (Lipinski definition) is 0. The van der Waals surface area contributed by atoms with E-state index < -0.39 is 0 Å². The molecule has 0 heterocycles. The Balaban J connectivity index is -0.00000000321. The van der Waals surface area contributed by atoms with E-state index in [1.807, 2.05) is 0 Å². The van der Waals surface area contributed by atoms with Gasteiger partial charge in [-0.25, -0.2) is 0 Å². The normalized spacial score (nSPS) is 1.33. The predicted octanol–water partition coefficient (Wildman–Crippen LogP) is -0.709. The van der Waals surface area contributed by atoms with Gasteiger partial charge in [0.1, 0.15) is 0 Å². The van der Waals surface area contributed by atoms with Gasteiger partial charge in [-0.15, -0.1) is 0 Å². The van der Waals surface area contributed by atoms with Crippen molar-refractivity contribution >= 4 is 40.2 Å². The Morgan fingerprint density at radius 3 is 0.556 bits per heavy atom. The zero-order valence-electron chi connectivity index (χ0n) is 4.72. The first-order chi connectivity index (χ1) is 3.00. The predicted molar refractivity (Wildman–Crippen MR) is 42.5 cm³/mol. The summed E-state index contributed by atoms with van der Waals surface area (Å²) in [6, 6.07) is 0. The third-order valence-corrected chi connectivity index (χ3v) is 0. The average Bonchev–Trinajstić information content (AvgIpc) is 1.81. The van der Waals surface area contributed by atoms with Crippen molar-refractivity contribution in [1.82, 2.24) is 0 Å². The van der Waals surface area contributed by atoms with E-state index in [0.717, 1.165) is 0 Å². The van der Waals surface area contributed by atoms with E-state index in [9.17, 15) is 0 Å². The molecule has 9 heavy (non-hydrogen) atoms. The summed E-state index contributed by atoms with van der Waals surface area (Å²) in [6.45, 7) is 9.75. The van der Waals surface area contributed by atoms with Crippen molar-refractivity contribution in [1.29, 1.82) is 0 Å². The molecule has 0 bridgehead atoms. The molecule has 0 N–H and O–H groups in total. The minimum absolute atomic E-state index is 0. The van der Waals surface area contributed by atoms with Gasteiger partial charge in [0, 0.05) is 0 Å². The second-order valence-electron chi connectivity index (χ2n) is 0. The van der Waals surface area contributed by atoms with Crippen molar-refractivity contribution in [3.05, 3.63) is 0 Å². The molecule has 2 atom stereocenters. The van der Waals surface area contributed by atoms with Crippen LogP contribution < -0.4 is 0 Å². The maximum atomic E-state index is 7.75. The molecule has 2 unspecified atom stereocenters. The van der Waals surface area contributed by atoms with Gasteiger partial charge in [-0.05, 0) is 0 Å². The van der Waals surface area contributed by atoms with Gasteiger partial charge in [-0.2, -0.15) is 19.8 Å². The van der Waals surface area contributed by atoms with Gasteiger partial charge in [-0.3, -0.25) is 20.4 Å². The summed E-state index contributed by atoms with van der Waals surface area (Å²) in [7, 11) is 0. The van der Waals surface area contributed by atoms with Crippen LogP contribution in [-0.4, -0.2) is 20.4 Å². The molecule has 57 valence electrons. The Morgan fingerprint density at radius 2 is 0.556 bits per heavy atom. The molecular weight excluding hydrogens is 247 g/mol. The fraction of sp³-hybridized carbons (Fsp3) is 0. The van der Waals surface area contributed by atoms with Crippen LogP contribution in [-0.2, 0) is 33.9 Å². The molecule has 0 spiro atoms. The molecule has 3 nitrogen and oxygen atoms in total. The summed E-state index contributed by atoms with van der Waals surface area (Å²) >= 11 is 0. The van der Waals surface area contributed by atoms with Crippen LogP contribution >= 0.6 is 19.8 Å². The minimum atomic E-state index is 0. The molecule has 0 aromatic heterocycles. The smallest absolute Gasteiger partial charge is 0.545 e. The van der Waals surface area contributed by atoms with Gasteiger partial charge in [0.05, 0.1) is 0 Å². The molecule has 0 fully saturated rings. The van der Waals surface area contributed by atoms with Gasteiger partial charge in [0.25, 0.3) is 0 Å². The van der Waals surface area contributed by atoms with Gasteiger partial charge < -0.3 is 14.4 Å². The zero-order valence-corrected chi connectivity index (χ0v) is 9.29. The van der Waals surface area contributed by atoms with Crippen molar-refractivity contribution < 1.29 is 33.9 Å². The molecule has 0 aliphatic rings. The fourth-order valence-corrected chi connectivity index (χ4v) is 0. The van der Waals surface area contributed by atoms with E-state index in [1.54, 1.807) is 0 Å². The molecule has 6 heteroatoms. The number of rotatable bonds is 0. The first-order valence-corrected chi connectivity index (χ1v) is 0.707. The molecular formula is C3H9O3P2Ru. The molecule has 0 saturated carbocycles. The zero-order chi connectivity index (χ0) is 6.00. The molecule has 0 aromatic carbocycles. The van der Waals surface area contributed by atoms with E-state index >= 15 is 0 Å². The first kappa shape index (κ1) is 56.1. The van der Waals surface area contributed by atoms with Crippen LogP contribution in [0.4, 0.5) is 0 Å². The topological polar surface area (TPSA) is 51.2 Å². The fourth-order valence-electron chi connectivity index (χ4n) is 0. The Hall–Kier alpha value is 0.493. The van der Waals surface area contributed by atoms with Crippen LogP contribution in [0, 0.1) is 0 Å². The third-order valence-electron chi connectivity index (χ3n) is 0. The van der Waals surface area contributed by atoms with Gasteiger partial charge in [0.2, 0.25) is 0 Å². The molecule has 0 rings (SSSR count). The van der Waals surface area contributed by atoms with Crippen molar-refractivity contribution in [3.63, 3.8) is 0 Å². The maximum Gasteiger partial charge on any atom is 3.00 e. The summed E-state index contributed by atoms with van der Waals surface area (Å²) in [5.41, 5.74) is 0.